The molecule has 0 unspecified atom stereocenters. The third kappa shape index (κ3) is 6.58. The number of aromatic nitrogens is 2. The van der Waals surface area contributed by atoms with E-state index in [1.165, 1.54) is 49.8 Å². The summed E-state index contributed by atoms with van der Waals surface area (Å²) in [7, 11) is 0. The lowest BCUT2D eigenvalue weighted by Crippen LogP contribution is -2.47. The van der Waals surface area contributed by atoms with E-state index in [2.05, 4.69) is 99.0 Å². The highest BCUT2D eigenvalue weighted by atomic mass is 32.1. The van der Waals surface area contributed by atoms with E-state index in [1.54, 1.807) is 0 Å². The van der Waals surface area contributed by atoms with Gasteiger partial charge in [-0.2, -0.15) is 9.97 Å². The van der Waals surface area contributed by atoms with Crippen LogP contribution in [-0.2, 0) is 5.41 Å². The molecule has 0 amide bonds. The van der Waals surface area contributed by atoms with Gasteiger partial charge in [-0.3, -0.25) is 0 Å². The number of hydrogen-bond acceptors (Lipinski definition) is 6. The van der Waals surface area contributed by atoms with Crippen LogP contribution in [0.25, 0.3) is 0 Å². The fourth-order valence-corrected chi connectivity index (χ4v) is 6.84. The van der Waals surface area contributed by atoms with Gasteiger partial charge in [0.1, 0.15) is 11.6 Å². The zero-order valence-electron chi connectivity index (χ0n) is 24.3. The topological polar surface area (TPSA) is 59.6 Å². The molecule has 3 aliphatic rings. The highest BCUT2D eigenvalue weighted by Crippen LogP contribution is 2.40. The molecule has 1 aliphatic carbocycles. The Morgan fingerprint density at radius 2 is 1.37 bits per heavy atom. The largest absolute Gasteiger partial charge is 0.368 e. The van der Waals surface area contributed by atoms with Crippen molar-refractivity contribution in [2.75, 3.05) is 65.8 Å². The van der Waals surface area contributed by atoms with Crippen molar-refractivity contribution in [1.82, 2.24) is 15.3 Å². The molecule has 0 atom stereocenters. The molecule has 0 radical (unpaired) electrons. The molecule has 0 spiro atoms. The zero-order valence-corrected chi connectivity index (χ0v) is 25.1. The van der Waals surface area contributed by atoms with Crippen LogP contribution in [0.2, 0.25) is 0 Å². The summed E-state index contributed by atoms with van der Waals surface area (Å²) in [5.74, 6) is 3.32. The Balaban J connectivity index is 1.17. The number of piperidine rings is 1. The van der Waals surface area contributed by atoms with E-state index in [0.717, 1.165) is 63.4 Å². The van der Waals surface area contributed by atoms with Crippen LogP contribution in [0.5, 0.6) is 0 Å². The number of nitrogens with zero attached hydrogens (tertiary/aromatic N) is 5. The Labute approximate surface area is 250 Å². The van der Waals surface area contributed by atoms with Crippen molar-refractivity contribution in [2.24, 2.45) is 5.92 Å². The maximum atomic E-state index is 5.82. The van der Waals surface area contributed by atoms with E-state index in [9.17, 15) is 0 Å². The predicted octanol–water partition coefficient (Wildman–Crippen LogP) is 5.84. The molecule has 1 aromatic heterocycles. The SMILES string of the molecule is CC1CCN(c2cc(N3CCN(c4ccccc4)CC3)nc(NC(=S)NCC3(c4ccccc4)CCCC3)n2)CC1. The van der Waals surface area contributed by atoms with Crippen LogP contribution in [0.3, 0.4) is 0 Å². The maximum Gasteiger partial charge on any atom is 0.232 e. The van der Waals surface area contributed by atoms with Crippen LogP contribution >= 0.6 is 12.2 Å². The lowest BCUT2D eigenvalue weighted by atomic mass is 9.79. The second-order valence-electron chi connectivity index (χ2n) is 12.0. The van der Waals surface area contributed by atoms with Gasteiger partial charge in [0.15, 0.2) is 5.11 Å². The minimum Gasteiger partial charge on any atom is -0.368 e. The predicted molar refractivity (Wildman–Crippen MR) is 174 cm³/mol. The third-order valence-corrected chi connectivity index (χ3v) is 9.54. The van der Waals surface area contributed by atoms with E-state index in [0.29, 0.717) is 11.1 Å². The molecular weight excluding hydrogens is 526 g/mol. The van der Waals surface area contributed by atoms with Crippen LogP contribution in [0, 0.1) is 5.92 Å². The van der Waals surface area contributed by atoms with Crippen molar-refractivity contribution in [3.05, 3.63) is 72.3 Å². The minimum atomic E-state index is 0.129. The van der Waals surface area contributed by atoms with Crippen molar-refractivity contribution < 1.29 is 0 Å². The summed E-state index contributed by atoms with van der Waals surface area (Å²) < 4.78 is 0. The number of piperazine rings is 1. The third-order valence-electron chi connectivity index (χ3n) is 9.29. The summed E-state index contributed by atoms with van der Waals surface area (Å²) in [4.78, 5) is 17.2. The molecule has 3 aromatic rings. The van der Waals surface area contributed by atoms with Gasteiger partial charge in [0, 0.05) is 63.0 Å². The fraction of sp³-hybridized carbons (Fsp3) is 0.485. The van der Waals surface area contributed by atoms with E-state index in [1.807, 2.05) is 0 Å². The van der Waals surface area contributed by atoms with E-state index < -0.39 is 0 Å². The summed E-state index contributed by atoms with van der Waals surface area (Å²) in [6.45, 7) is 9.00. The van der Waals surface area contributed by atoms with E-state index in [-0.39, 0.29) is 5.41 Å². The van der Waals surface area contributed by atoms with E-state index >= 15 is 0 Å². The fourth-order valence-electron chi connectivity index (χ4n) is 6.68. The average molecular weight is 570 g/mol. The lowest BCUT2D eigenvalue weighted by Gasteiger charge is -2.37. The molecular formula is C33H43N7S. The molecule has 41 heavy (non-hydrogen) atoms. The molecule has 6 rings (SSSR count). The normalized spacial score (nSPS) is 19.3. The minimum absolute atomic E-state index is 0.129. The standard InChI is InChI=1S/C33H43N7S/c1-26-14-18-39(19-15-26)29-24-30(40-22-20-38(21-23-40)28-12-6-3-7-13-28)36-31(35-29)37-32(41)34-25-33(16-8-9-17-33)27-10-4-2-5-11-27/h2-7,10-13,24,26H,8-9,14-23,25H2,1H3,(H2,34,35,36,37,41). The molecule has 216 valence electrons. The van der Waals surface area contributed by atoms with Gasteiger partial charge in [-0.1, -0.05) is 68.3 Å². The van der Waals surface area contributed by atoms with Crippen LogP contribution in [0.4, 0.5) is 23.3 Å². The van der Waals surface area contributed by atoms with Crippen molar-refractivity contribution in [3.63, 3.8) is 0 Å². The van der Waals surface area contributed by atoms with Gasteiger partial charge in [0.25, 0.3) is 0 Å². The maximum absolute atomic E-state index is 5.82. The molecule has 2 N–H and O–H groups in total. The van der Waals surface area contributed by atoms with Crippen LogP contribution < -0.4 is 25.3 Å². The van der Waals surface area contributed by atoms with Crippen molar-refractivity contribution in [1.29, 1.82) is 0 Å². The Morgan fingerprint density at radius 3 is 2.00 bits per heavy atom. The molecule has 2 saturated heterocycles. The Kier molecular flexibility index (Phi) is 8.56. The monoisotopic (exact) mass is 569 g/mol. The smallest absolute Gasteiger partial charge is 0.232 e. The number of nitrogens with one attached hydrogen (secondary N) is 2. The highest BCUT2D eigenvalue weighted by Gasteiger charge is 2.35. The Morgan fingerprint density at radius 1 is 0.805 bits per heavy atom. The Bertz CT molecular complexity index is 1280. The van der Waals surface area contributed by atoms with Crippen molar-refractivity contribution in [2.45, 2.75) is 50.9 Å². The second-order valence-corrected chi connectivity index (χ2v) is 12.5. The summed E-state index contributed by atoms with van der Waals surface area (Å²) >= 11 is 5.82. The summed E-state index contributed by atoms with van der Waals surface area (Å²) in [6, 6.07) is 23.8. The van der Waals surface area contributed by atoms with Crippen LogP contribution in [-0.4, -0.2) is 60.9 Å². The van der Waals surface area contributed by atoms with Crippen LogP contribution in [0.15, 0.2) is 66.7 Å². The van der Waals surface area contributed by atoms with Gasteiger partial charge in [0.2, 0.25) is 5.95 Å². The van der Waals surface area contributed by atoms with Gasteiger partial charge < -0.3 is 25.3 Å². The second kappa shape index (κ2) is 12.6. The average Bonchev–Trinajstić information content (AvgIpc) is 3.52. The quantitative estimate of drug-likeness (QED) is 0.345. The first-order chi connectivity index (χ1) is 20.1. The highest BCUT2D eigenvalue weighted by molar-refractivity contribution is 7.80. The summed E-state index contributed by atoms with van der Waals surface area (Å²) in [5.41, 5.74) is 2.82. The molecule has 8 heteroatoms. The molecule has 3 fully saturated rings. The number of rotatable bonds is 7. The van der Waals surface area contributed by atoms with Gasteiger partial charge in [-0.15, -0.1) is 0 Å². The van der Waals surface area contributed by atoms with E-state index in [4.69, 9.17) is 22.2 Å². The number of para-hydroxylation sites is 1. The number of anilines is 4. The summed E-state index contributed by atoms with van der Waals surface area (Å²) in [6.07, 6.45) is 7.28. The Hall–Kier alpha value is -3.39. The summed E-state index contributed by atoms with van der Waals surface area (Å²) in [5, 5.41) is 7.51. The molecule has 0 bridgehead atoms. The first kappa shape index (κ1) is 27.8. The number of thiocarbonyl (C=S) groups is 1. The molecule has 7 nitrogen and oxygen atoms in total. The zero-order chi connectivity index (χ0) is 28.1. The molecule has 2 aliphatic heterocycles. The molecule has 2 aromatic carbocycles. The van der Waals surface area contributed by atoms with Crippen molar-refractivity contribution >= 4 is 40.6 Å². The van der Waals surface area contributed by atoms with Gasteiger partial charge >= 0.3 is 0 Å². The number of hydrogen-bond donors (Lipinski definition) is 2. The van der Waals surface area contributed by atoms with Crippen molar-refractivity contribution in [3.8, 4) is 0 Å². The first-order valence-electron chi connectivity index (χ1n) is 15.4. The van der Waals surface area contributed by atoms with Gasteiger partial charge in [-0.05, 0) is 61.5 Å². The first-order valence-corrected chi connectivity index (χ1v) is 15.8. The van der Waals surface area contributed by atoms with Gasteiger partial charge in [0.05, 0.1) is 0 Å². The number of benzene rings is 2. The van der Waals surface area contributed by atoms with Crippen LogP contribution in [0.1, 0.15) is 51.0 Å². The lowest BCUT2D eigenvalue weighted by molar-refractivity contribution is 0.435. The molecule has 3 heterocycles. The molecule has 1 saturated carbocycles. The van der Waals surface area contributed by atoms with Gasteiger partial charge in [-0.25, -0.2) is 0 Å².